The van der Waals surface area contributed by atoms with Crippen molar-refractivity contribution in [1.82, 2.24) is 0 Å². The van der Waals surface area contributed by atoms with Crippen molar-refractivity contribution >= 4 is 17.1 Å². The number of nitrogens with one attached hydrogen (secondary N) is 1. The number of nitrogens with two attached hydrogens (primary N) is 1. The Morgan fingerprint density at radius 1 is 0.905 bits per heavy atom. The summed E-state index contributed by atoms with van der Waals surface area (Å²) >= 11 is 0. The summed E-state index contributed by atoms with van der Waals surface area (Å²) in [6.45, 7) is 1.15. The Morgan fingerprint density at radius 2 is 1.67 bits per heavy atom. The Morgan fingerprint density at radius 3 is 2.52 bits per heavy atom. The van der Waals surface area contributed by atoms with E-state index in [-0.39, 0.29) is 0 Å². The van der Waals surface area contributed by atoms with Gasteiger partial charge in [-0.05, 0) is 42.5 Å². The van der Waals surface area contributed by atoms with Crippen molar-refractivity contribution in [2.45, 2.75) is 19.3 Å². The minimum Gasteiger partial charge on any atom is -0.486 e. The summed E-state index contributed by atoms with van der Waals surface area (Å²) in [5.41, 5.74) is 11.6. The lowest BCUT2D eigenvalue weighted by molar-refractivity contribution is 0.172. The minimum atomic E-state index is 0.573. The standard InChI is InChI=1S/C17H18N2O2/c18-14-9-16-17(21-7-6-20-16)10-15(14)19-13-5-4-11-2-1-3-12(11)8-13/h4-5,8-10,19H,1-3,6-7,18H2. The predicted molar refractivity (Wildman–Crippen MR) is 83.6 cm³/mol. The van der Waals surface area contributed by atoms with Crippen LogP contribution in [0.1, 0.15) is 17.5 Å². The van der Waals surface area contributed by atoms with E-state index in [2.05, 4.69) is 23.5 Å². The Balaban J connectivity index is 1.65. The van der Waals surface area contributed by atoms with Crippen molar-refractivity contribution in [3.63, 3.8) is 0 Å². The lowest BCUT2D eigenvalue weighted by Gasteiger charge is -2.20. The van der Waals surface area contributed by atoms with E-state index in [1.165, 1.54) is 30.4 Å². The molecule has 0 unspecified atom stereocenters. The van der Waals surface area contributed by atoms with Gasteiger partial charge in [-0.1, -0.05) is 6.07 Å². The Bertz CT molecular complexity index is 697. The van der Waals surface area contributed by atoms with Gasteiger partial charge in [0.05, 0.1) is 11.4 Å². The number of aryl methyl sites for hydroxylation is 2. The monoisotopic (exact) mass is 282 g/mol. The zero-order valence-electron chi connectivity index (χ0n) is 11.8. The summed E-state index contributed by atoms with van der Waals surface area (Å²) in [6, 6.07) is 10.3. The molecule has 2 aromatic rings. The molecule has 0 saturated heterocycles. The second-order valence-electron chi connectivity index (χ2n) is 5.55. The Labute approximate surface area is 123 Å². The van der Waals surface area contributed by atoms with E-state index in [9.17, 15) is 0 Å². The fraction of sp³-hybridized carbons (Fsp3) is 0.294. The van der Waals surface area contributed by atoms with Crippen LogP contribution in [0.25, 0.3) is 0 Å². The van der Waals surface area contributed by atoms with Crippen LogP contribution < -0.4 is 20.5 Å². The highest BCUT2D eigenvalue weighted by Crippen LogP contribution is 2.38. The van der Waals surface area contributed by atoms with Crippen molar-refractivity contribution in [3.8, 4) is 11.5 Å². The highest BCUT2D eigenvalue weighted by atomic mass is 16.6. The smallest absolute Gasteiger partial charge is 0.163 e. The fourth-order valence-electron chi connectivity index (χ4n) is 3.02. The molecule has 108 valence electrons. The zero-order valence-corrected chi connectivity index (χ0v) is 11.8. The number of hydrogen-bond acceptors (Lipinski definition) is 4. The summed E-state index contributed by atoms with van der Waals surface area (Å²) in [7, 11) is 0. The molecule has 4 heteroatoms. The number of anilines is 3. The molecule has 0 aromatic heterocycles. The van der Waals surface area contributed by atoms with Crippen molar-refractivity contribution in [3.05, 3.63) is 41.5 Å². The van der Waals surface area contributed by atoms with Crippen LogP contribution in [0, 0.1) is 0 Å². The number of rotatable bonds is 2. The summed E-state index contributed by atoms with van der Waals surface area (Å²) in [5.74, 6) is 1.47. The van der Waals surface area contributed by atoms with Crippen molar-refractivity contribution in [2.24, 2.45) is 0 Å². The van der Waals surface area contributed by atoms with Crippen LogP contribution in [-0.2, 0) is 12.8 Å². The molecule has 1 aliphatic heterocycles. The third-order valence-corrected chi connectivity index (χ3v) is 4.09. The van der Waals surface area contributed by atoms with E-state index in [4.69, 9.17) is 15.2 Å². The van der Waals surface area contributed by atoms with Gasteiger partial charge in [-0.15, -0.1) is 0 Å². The number of hydrogen-bond donors (Lipinski definition) is 2. The summed E-state index contributed by atoms with van der Waals surface area (Å²) in [4.78, 5) is 0. The second kappa shape index (κ2) is 4.88. The quantitative estimate of drug-likeness (QED) is 0.830. The van der Waals surface area contributed by atoms with E-state index in [1.54, 1.807) is 0 Å². The van der Waals surface area contributed by atoms with Gasteiger partial charge in [0.1, 0.15) is 13.2 Å². The molecule has 0 amide bonds. The minimum absolute atomic E-state index is 0.573. The molecule has 0 fully saturated rings. The first-order valence-corrected chi connectivity index (χ1v) is 7.37. The highest BCUT2D eigenvalue weighted by molar-refractivity contribution is 5.77. The van der Waals surface area contributed by atoms with Gasteiger partial charge in [-0.25, -0.2) is 0 Å². The summed E-state index contributed by atoms with van der Waals surface area (Å²) < 4.78 is 11.1. The van der Waals surface area contributed by atoms with Crippen molar-refractivity contribution in [1.29, 1.82) is 0 Å². The molecule has 0 radical (unpaired) electrons. The molecule has 2 aliphatic rings. The molecular weight excluding hydrogens is 264 g/mol. The molecule has 1 heterocycles. The number of fused-ring (bicyclic) bond motifs is 2. The van der Waals surface area contributed by atoms with Crippen molar-refractivity contribution < 1.29 is 9.47 Å². The van der Waals surface area contributed by atoms with Gasteiger partial charge in [-0.3, -0.25) is 0 Å². The van der Waals surface area contributed by atoms with Gasteiger partial charge in [0, 0.05) is 17.8 Å². The molecule has 1 aliphatic carbocycles. The van der Waals surface area contributed by atoms with Crippen LogP contribution in [0.3, 0.4) is 0 Å². The van der Waals surface area contributed by atoms with Gasteiger partial charge in [0.15, 0.2) is 11.5 Å². The van der Waals surface area contributed by atoms with Crippen LogP contribution in [-0.4, -0.2) is 13.2 Å². The predicted octanol–water partition coefficient (Wildman–Crippen LogP) is 3.27. The van der Waals surface area contributed by atoms with E-state index in [0.717, 1.165) is 22.9 Å². The molecule has 0 saturated carbocycles. The van der Waals surface area contributed by atoms with E-state index in [1.807, 2.05) is 12.1 Å². The molecule has 2 aromatic carbocycles. The maximum Gasteiger partial charge on any atom is 0.163 e. The molecule has 4 nitrogen and oxygen atoms in total. The van der Waals surface area contributed by atoms with Gasteiger partial charge in [-0.2, -0.15) is 0 Å². The first kappa shape index (κ1) is 12.4. The molecule has 0 spiro atoms. The van der Waals surface area contributed by atoms with Crippen LogP contribution in [0.15, 0.2) is 30.3 Å². The average Bonchev–Trinajstić information content (AvgIpc) is 2.95. The van der Waals surface area contributed by atoms with Crippen LogP contribution >= 0.6 is 0 Å². The van der Waals surface area contributed by atoms with Gasteiger partial charge in [0.2, 0.25) is 0 Å². The first-order valence-electron chi connectivity index (χ1n) is 7.37. The third kappa shape index (κ3) is 2.27. The summed E-state index contributed by atoms with van der Waals surface area (Å²) in [5, 5.41) is 3.39. The lowest BCUT2D eigenvalue weighted by Crippen LogP contribution is -2.15. The average molecular weight is 282 g/mol. The third-order valence-electron chi connectivity index (χ3n) is 4.09. The SMILES string of the molecule is Nc1cc2c(cc1Nc1ccc3c(c1)CCC3)OCCO2. The topological polar surface area (TPSA) is 56.5 Å². The number of benzene rings is 2. The summed E-state index contributed by atoms with van der Waals surface area (Å²) in [6.07, 6.45) is 3.62. The van der Waals surface area contributed by atoms with E-state index in [0.29, 0.717) is 18.9 Å². The van der Waals surface area contributed by atoms with Gasteiger partial charge >= 0.3 is 0 Å². The maximum atomic E-state index is 6.11. The molecule has 0 atom stereocenters. The first-order chi connectivity index (χ1) is 10.3. The van der Waals surface area contributed by atoms with Crippen LogP contribution in [0.4, 0.5) is 17.1 Å². The molecule has 21 heavy (non-hydrogen) atoms. The number of nitrogen functional groups attached to an aromatic ring is 1. The van der Waals surface area contributed by atoms with E-state index >= 15 is 0 Å². The normalized spacial score (nSPS) is 15.6. The van der Waals surface area contributed by atoms with Gasteiger partial charge < -0.3 is 20.5 Å². The fourth-order valence-corrected chi connectivity index (χ4v) is 3.02. The molecule has 4 rings (SSSR count). The molecular formula is C17H18N2O2. The number of ether oxygens (including phenoxy) is 2. The van der Waals surface area contributed by atoms with Gasteiger partial charge in [0.25, 0.3) is 0 Å². The Kier molecular flexibility index (Phi) is 2.88. The van der Waals surface area contributed by atoms with Crippen LogP contribution in [0.2, 0.25) is 0 Å². The zero-order chi connectivity index (χ0) is 14.2. The molecule has 0 bridgehead atoms. The second-order valence-corrected chi connectivity index (χ2v) is 5.55. The van der Waals surface area contributed by atoms with E-state index < -0.39 is 0 Å². The van der Waals surface area contributed by atoms with Crippen LogP contribution in [0.5, 0.6) is 11.5 Å². The Hall–Kier alpha value is -2.36. The molecule has 3 N–H and O–H groups in total. The maximum absolute atomic E-state index is 6.11. The lowest BCUT2D eigenvalue weighted by atomic mass is 10.1. The largest absolute Gasteiger partial charge is 0.486 e. The highest BCUT2D eigenvalue weighted by Gasteiger charge is 2.15. The van der Waals surface area contributed by atoms with Crippen molar-refractivity contribution in [2.75, 3.05) is 24.3 Å².